The van der Waals surface area contributed by atoms with Gasteiger partial charge in [-0.15, -0.1) is 0 Å². The smallest absolute Gasteiger partial charge is 0.305 e. The molecule has 0 radical (unpaired) electrons. The molecule has 0 N–H and O–H groups in total. The number of aromatic nitrogens is 2. The van der Waals surface area contributed by atoms with E-state index in [4.69, 9.17) is 9.15 Å². The molecule has 1 atom stereocenters. The number of halogens is 1. The van der Waals surface area contributed by atoms with Crippen molar-refractivity contribution in [2.24, 2.45) is 5.92 Å². The van der Waals surface area contributed by atoms with Crippen LogP contribution >= 0.6 is 15.9 Å². The monoisotopic (exact) mass is 471 g/mol. The van der Waals surface area contributed by atoms with Crippen LogP contribution in [0.4, 0.5) is 0 Å². The number of likely N-dealkylation sites (tertiary alicyclic amines) is 1. The maximum atomic E-state index is 11.4. The van der Waals surface area contributed by atoms with E-state index in [1.54, 1.807) is 6.33 Å². The van der Waals surface area contributed by atoms with Gasteiger partial charge < -0.3 is 14.1 Å². The van der Waals surface area contributed by atoms with Crippen molar-refractivity contribution in [3.8, 4) is 11.3 Å². The molecule has 3 aromatic rings. The van der Waals surface area contributed by atoms with Crippen molar-refractivity contribution in [1.29, 1.82) is 0 Å². The SMILES string of the molecule is COC(=O)CCCN1CCCC(Cc2ncnc3oc(-c4ccccc4)c(Br)c23)C1. The van der Waals surface area contributed by atoms with Crippen LogP contribution in [0, 0.1) is 5.92 Å². The molecule has 1 aliphatic heterocycles. The zero-order chi connectivity index (χ0) is 20.9. The zero-order valence-electron chi connectivity index (χ0n) is 17.1. The van der Waals surface area contributed by atoms with Gasteiger partial charge in [-0.2, -0.15) is 0 Å². The number of hydrogen-bond acceptors (Lipinski definition) is 6. The summed E-state index contributed by atoms with van der Waals surface area (Å²) in [6.07, 6.45) is 6.15. The number of hydrogen-bond donors (Lipinski definition) is 0. The van der Waals surface area contributed by atoms with Crippen LogP contribution in [0.3, 0.4) is 0 Å². The summed E-state index contributed by atoms with van der Waals surface area (Å²) in [5.41, 5.74) is 2.67. The number of furan rings is 1. The fraction of sp³-hybridized carbons (Fsp3) is 0.435. The molecule has 30 heavy (non-hydrogen) atoms. The third-order valence-electron chi connectivity index (χ3n) is 5.71. The average Bonchev–Trinajstić information content (AvgIpc) is 3.12. The predicted octanol–water partition coefficient (Wildman–Crippen LogP) is 4.86. The van der Waals surface area contributed by atoms with E-state index in [1.807, 2.05) is 30.3 Å². The van der Waals surface area contributed by atoms with Crippen LogP contribution in [-0.4, -0.2) is 47.6 Å². The Labute approximate surface area is 184 Å². The molecule has 3 heterocycles. The summed E-state index contributed by atoms with van der Waals surface area (Å²) in [5, 5.41) is 0.971. The summed E-state index contributed by atoms with van der Waals surface area (Å²) in [7, 11) is 1.44. The maximum Gasteiger partial charge on any atom is 0.305 e. The number of ether oxygens (including phenoxy) is 1. The Morgan fingerprint density at radius 1 is 1.30 bits per heavy atom. The van der Waals surface area contributed by atoms with E-state index in [-0.39, 0.29) is 5.97 Å². The molecule has 0 saturated carbocycles. The second-order valence-corrected chi connectivity index (χ2v) is 8.60. The number of benzene rings is 1. The van der Waals surface area contributed by atoms with Crippen LogP contribution in [0.5, 0.6) is 0 Å². The molecular weight excluding hydrogens is 446 g/mol. The molecule has 1 saturated heterocycles. The van der Waals surface area contributed by atoms with Crippen LogP contribution in [0.25, 0.3) is 22.4 Å². The lowest BCUT2D eigenvalue weighted by Crippen LogP contribution is -2.37. The molecule has 7 heteroatoms. The number of carbonyl (C=O) groups is 1. The number of piperidine rings is 1. The number of methoxy groups -OCH3 is 1. The highest BCUT2D eigenvalue weighted by Crippen LogP contribution is 2.38. The first-order chi connectivity index (χ1) is 14.7. The highest BCUT2D eigenvalue weighted by atomic mass is 79.9. The minimum Gasteiger partial charge on any atom is -0.469 e. The average molecular weight is 472 g/mol. The van der Waals surface area contributed by atoms with Gasteiger partial charge in [-0.3, -0.25) is 4.79 Å². The summed E-state index contributed by atoms with van der Waals surface area (Å²) >= 11 is 3.74. The summed E-state index contributed by atoms with van der Waals surface area (Å²) < 4.78 is 11.7. The number of carbonyl (C=O) groups excluding carboxylic acids is 1. The van der Waals surface area contributed by atoms with Crippen LogP contribution in [0.15, 0.2) is 45.5 Å². The lowest BCUT2D eigenvalue weighted by atomic mass is 9.92. The molecular formula is C23H26BrN3O3. The normalized spacial score (nSPS) is 17.3. The minimum atomic E-state index is -0.133. The summed E-state index contributed by atoms with van der Waals surface area (Å²) in [5.74, 6) is 1.18. The van der Waals surface area contributed by atoms with Crippen molar-refractivity contribution >= 4 is 33.0 Å². The van der Waals surface area contributed by atoms with Crippen molar-refractivity contribution in [3.05, 3.63) is 46.8 Å². The highest BCUT2D eigenvalue weighted by Gasteiger charge is 2.24. The Hall–Kier alpha value is -2.25. The van der Waals surface area contributed by atoms with Gasteiger partial charge in [0.1, 0.15) is 6.33 Å². The third-order valence-corrected chi connectivity index (χ3v) is 6.47. The van der Waals surface area contributed by atoms with E-state index in [2.05, 4.69) is 30.8 Å². The Kier molecular flexibility index (Phi) is 6.79. The first-order valence-electron chi connectivity index (χ1n) is 10.4. The molecule has 1 unspecified atom stereocenters. The maximum absolute atomic E-state index is 11.4. The van der Waals surface area contributed by atoms with E-state index in [9.17, 15) is 4.79 Å². The van der Waals surface area contributed by atoms with Crippen LogP contribution in [-0.2, 0) is 16.0 Å². The Morgan fingerprint density at radius 2 is 2.13 bits per heavy atom. The molecule has 0 bridgehead atoms. The van der Waals surface area contributed by atoms with Crippen LogP contribution in [0.2, 0.25) is 0 Å². The quantitative estimate of drug-likeness (QED) is 0.458. The van der Waals surface area contributed by atoms with E-state index in [0.717, 1.165) is 59.4 Å². The van der Waals surface area contributed by atoms with Gasteiger partial charge in [-0.25, -0.2) is 9.97 Å². The molecule has 6 nitrogen and oxygen atoms in total. The minimum absolute atomic E-state index is 0.133. The number of nitrogens with zero attached hydrogens (tertiary/aromatic N) is 3. The van der Waals surface area contributed by atoms with Crippen molar-refractivity contribution in [2.75, 3.05) is 26.7 Å². The van der Waals surface area contributed by atoms with Crippen molar-refractivity contribution in [1.82, 2.24) is 14.9 Å². The molecule has 4 rings (SSSR count). The third kappa shape index (κ3) is 4.73. The number of fused-ring (bicyclic) bond motifs is 1. The lowest BCUT2D eigenvalue weighted by Gasteiger charge is -2.32. The molecule has 2 aromatic heterocycles. The fourth-order valence-corrected chi connectivity index (χ4v) is 4.94. The predicted molar refractivity (Wildman–Crippen MR) is 119 cm³/mol. The fourth-order valence-electron chi connectivity index (χ4n) is 4.23. The van der Waals surface area contributed by atoms with Gasteiger partial charge in [0.25, 0.3) is 0 Å². The van der Waals surface area contributed by atoms with Gasteiger partial charge in [-0.05, 0) is 60.6 Å². The first-order valence-corrected chi connectivity index (χ1v) is 11.2. The summed E-state index contributed by atoms with van der Waals surface area (Å²) in [6.45, 7) is 3.04. The van der Waals surface area contributed by atoms with E-state index in [0.29, 0.717) is 18.1 Å². The molecule has 0 spiro atoms. The number of esters is 1. The summed E-state index contributed by atoms with van der Waals surface area (Å²) in [6, 6.07) is 10.0. The van der Waals surface area contributed by atoms with Crippen molar-refractivity contribution in [3.63, 3.8) is 0 Å². The van der Waals surface area contributed by atoms with Gasteiger partial charge in [0.05, 0.1) is 22.7 Å². The molecule has 0 aliphatic carbocycles. The Bertz CT molecular complexity index is 1010. The summed E-state index contributed by atoms with van der Waals surface area (Å²) in [4.78, 5) is 22.8. The van der Waals surface area contributed by atoms with Crippen molar-refractivity contribution < 1.29 is 13.9 Å². The van der Waals surface area contributed by atoms with Gasteiger partial charge in [0.15, 0.2) is 5.76 Å². The van der Waals surface area contributed by atoms with Gasteiger partial charge in [-0.1, -0.05) is 30.3 Å². The second-order valence-electron chi connectivity index (χ2n) is 7.80. The Balaban J connectivity index is 1.48. The van der Waals surface area contributed by atoms with Crippen LogP contribution < -0.4 is 0 Å². The number of rotatable bonds is 7. The topological polar surface area (TPSA) is 68.5 Å². The largest absolute Gasteiger partial charge is 0.469 e. The molecule has 1 aromatic carbocycles. The molecule has 1 aliphatic rings. The Morgan fingerprint density at radius 3 is 2.93 bits per heavy atom. The second kappa shape index (κ2) is 9.71. The van der Waals surface area contributed by atoms with Crippen molar-refractivity contribution in [2.45, 2.75) is 32.1 Å². The molecule has 1 fully saturated rings. The van der Waals surface area contributed by atoms with Crippen LogP contribution in [0.1, 0.15) is 31.4 Å². The van der Waals surface area contributed by atoms with E-state index >= 15 is 0 Å². The highest BCUT2D eigenvalue weighted by molar-refractivity contribution is 9.10. The lowest BCUT2D eigenvalue weighted by molar-refractivity contribution is -0.140. The van der Waals surface area contributed by atoms with Gasteiger partial charge >= 0.3 is 5.97 Å². The van der Waals surface area contributed by atoms with E-state index in [1.165, 1.54) is 20.0 Å². The van der Waals surface area contributed by atoms with E-state index < -0.39 is 0 Å². The van der Waals surface area contributed by atoms with Gasteiger partial charge in [0, 0.05) is 18.5 Å². The van der Waals surface area contributed by atoms with Gasteiger partial charge in [0.2, 0.25) is 5.71 Å². The zero-order valence-corrected chi connectivity index (χ0v) is 18.7. The molecule has 158 valence electrons. The molecule has 0 amide bonds. The first kappa shape index (κ1) is 21.0. The standard InChI is InChI=1S/C23H26BrN3O3/c1-29-19(28)10-6-12-27-11-5-7-16(14-27)13-18-20-21(24)22(17-8-3-2-4-9-17)30-23(20)26-15-25-18/h2-4,8-9,15-16H,5-7,10-14H2,1H3.